The third-order valence-corrected chi connectivity index (χ3v) is 5.76. The summed E-state index contributed by atoms with van der Waals surface area (Å²) < 4.78 is 85.1. The van der Waals surface area contributed by atoms with E-state index in [1.807, 2.05) is 11.0 Å². The van der Waals surface area contributed by atoms with Crippen LogP contribution in [0.15, 0.2) is 42.5 Å². The van der Waals surface area contributed by atoms with Gasteiger partial charge in [0, 0.05) is 32.7 Å². The third-order valence-electron chi connectivity index (χ3n) is 5.76. The second kappa shape index (κ2) is 11.3. The molecule has 2 aromatic rings. The predicted octanol–water partition coefficient (Wildman–Crippen LogP) is 4.56. The monoisotopic (exact) mass is 515 g/mol. The summed E-state index contributed by atoms with van der Waals surface area (Å²) in [6.45, 7) is 1.65. The first-order valence-electron chi connectivity index (χ1n) is 10.9. The Morgan fingerprint density at radius 2 is 1.47 bits per heavy atom. The Bertz CT molecular complexity index is 1060. The van der Waals surface area contributed by atoms with Crippen molar-refractivity contribution in [3.63, 3.8) is 0 Å². The summed E-state index contributed by atoms with van der Waals surface area (Å²) in [5.41, 5.74) is -2.12. The number of benzene rings is 2. The lowest BCUT2D eigenvalue weighted by atomic mass is 10.0. The van der Waals surface area contributed by atoms with Crippen LogP contribution in [-0.4, -0.2) is 60.1 Å². The number of rotatable bonds is 8. The summed E-state index contributed by atoms with van der Waals surface area (Å²) in [6.07, 6.45) is -10.6. The highest BCUT2D eigenvalue weighted by Gasteiger charge is 2.37. The van der Waals surface area contributed by atoms with E-state index in [0.29, 0.717) is 49.4 Å². The number of carboxylic acid groups (broad SMARTS) is 1. The van der Waals surface area contributed by atoms with Gasteiger partial charge in [-0.2, -0.15) is 31.6 Å². The fraction of sp³-hybridized carbons (Fsp3) is 0.417. The quantitative estimate of drug-likeness (QED) is 0.520. The molecule has 1 unspecified atom stereocenters. The fourth-order valence-corrected chi connectivity index (χ4v) is 3.88. The van der Waals surface area contributed by atoms with E-state index in [4.69, 9.17) is 15.1 Å². The molecule has 0 radical (unpaired) electrons. The molecule has 0 aromatic heterocycles. The molecule has 0 amide bonds. The first-order valence-corrected chi connectivity index (χ1v) is 10.9. The predicted molar refractivity (Wildman–Crippen MR) is 116 cm³/mol. The maximum absolute atomic E-state index is 13.2. The molecule has 194 valence electrons. The molecule has 1 N–H and O–H groups in total. The zero-order chi connectivity index (χ0) is 26.5. The lowest BCUT2D eigenvalue weighted by molar-refractivity contribution is -0.143. The molecule has 1 aliphatic heterocycles. The number of halogens is 6. The summed E-state index contributed by atoms with van der Waals surface area (Å²) in [5, 5.41) is 18.0. The smallest absolute Gasteiger partial charge is 0.416 e. The number of carbonyl (C=O) groups is 1. The molecule has 1 fully saturated rings. The van der Waals surface area contributed by atoms with Gasteiger partial charge in [-0.05, 0) is 41.5 Å². The molecule has 6 nitrogen and oxygen atoms in total. The molecule has 12 heteroatoms. The Kier molecular flexibility index (Phi) is 8.60. The Labute approximate surface area is 203 Å². The van der Waals surface area contributed by atoms with Gasteiger partial charge in [0.05, 0.1) is 42.0 Å². The van der Waals surface area contributed by atoms with Gasteiger partial charge in [0.2, 0.25) is 0 Å². The standard InChI is InChI=1S/C24H23F6N3O3/c25-23(26,27)19-9-17(10-20(11-19)24(28,29)30)15-36-21(18-3-1-16(12-31)2-4-18)13-32-5-7-33(8-6-32)14-22(34)35/h1-4,9-11,21H,5-8,13-15H2,(H,34,35). The van der Waals surface area contributed by atoms with Crippen molar-refractivity contribution in [3.05, 3.63) is 70.3 Å². The molecule has 1 aliphatic rings. The average molecular weight is 515 g/mol. The lowest BCUT2D eigenvalue weighted by Gasteiger charge is -2.35. The number of hydrogen-bond acceptors (Lipinski definition) is 5. The maximum atomic E-state index is 13.2. The number of carboxylic acids is 1. The Hall–Kier alpha value is -3.14. The normalized spacial score (nSPS) is 16.5. The Morgan fingerprint density at radius 1 is 0.944 bits per heavy atom. The largest absolute Gasteiger partial charge is 0.480 e. The van der Waals surface area contributed by atoms with Crippen LogP contribution in [0.2, 0.25) is 0 Å². The molecule has 1 saturated heterocycles. The van der Waals surface area contributed by atoms with Crippen molar-refractivity contribution in [1.82, 2.24) is 9.80 Å². The molecule has 1 heterocycles. The van der Waals surface area contributed by atoms with Gasteiger partial charge in [0.1, 0.15) is 0 Å². The van der Waals surface area contributed by atoms with Gasteiger partial charge in [0.15, 0.2) is 0 Å². The van der Waals surface area contributed by atoms with Gasteiger partial charge in [0.25, 0.3) is 0 Å². The molecule has 0 saturated carbocycles. The number of hydrogen-bond donors (Lipinski definition) is 1. The summed E-state index contributed by atoms with van der Waals surface area (Å²) >= 11 is 0. The summed E-state index contributed by atoms with van der Waals surface area (Å²) in [7, 11) is 0. The van der Waals surface area contributed by atoms with Gasteiger partial charge < -0.3 is 9.84 Å². The van der Waals surface area contributed by atoms with Crippen molar-refractivity contribution < 1.29 is 41.0 Å². The average Bonchev–Trinajstić information content (AvgIpc) is 2.81. The van der Waals surface area contributed by atoms with Crippen molar-refractivity contribution in [3.8, 4) is 6.07 Å². The van der Waals surface area contributed by atoms with E-state index in [0.717, 1.165) is 0 Å². The SMILES string of the molecule is N#Cc1ccc(C(CN2CCN(CC(=O)O)CC2)OCc2cc(C(F)(F)F)cc(C(F)(F)F)c2)cc1. The molecule has 2 aromatic carbocycles. The Balaban J connectivity index is 1.80. The van der Waals surface area contributed by atoms with Crippen LogP contribution >= 0.6 is 0 Å². The van der Waals surface area contributed by atoms with E-state index < -0.39 is 42.2 Å². The number of ether oxygens (including phenoxy) is 1. The molecule has 0 spiro atoms. The van der Waals surface area contributed by atoms with Crippen LogP contribution in [0, 0.1) is 11.3 Å². The third kappa shape index (κ3) is 7.68. The zero-order valence-electron chi connectivity index (χ0n) is 18.9. The maximum Gasteiger partial charge on any atom is 0.416 e. The fourth-order valence-electron chi connectivity index (χ4n) is 3.88. The number of nitriles is 1. The van der Waals surface area contributed by atoms with Gasteiger partial charge in [-0.15, -0.1) is 0 Å². The first kappa shape index (κ1) is 27.4. The van der Waals surface area contributed by atoms with Gasteiger partial charge >= 0.3 is 18.3 Å². The van der Waals surface area contributed by atoms with E-state index in [2.05, 4.69) is 0 Å². The van der Waals surface area contributed by atoms with Gasteiger partial charge in [-0.25, -0.2) is 0 Å². The van der Waals surface area contributed by atoms with Crippen LogP contribution in [0.4, 0.5) is 26.3 Å². The lowest BCUT2D eigenvalue weighted by Crippen LogP contribution is -2.49. The van der Waals surface area contributed by atoms with Crippen molar-refractivity contribution in [1.29, 1.82) is 5.26 Å². The second-order valence-electron chi connectivity index (χ2n) is 8.42. The van der Waals surface area contributed by atoms with Crippen LogP contribution in [0.3, 0.4) is 0 Å². The minimum absolute atomic E-state index is 0.0677. The highest BCUT2D eigenvalue weighted by atomic mass is 19.4. The van der Waals surface area contributed by atoms with Crippen LogP contribution in [0.25, 0.3) is 0 Å². The topological polar surface area (TPSA) is 76.8 Å². The molecule has 0 aliphatic carbocycles. The molecule has 3 rings (SSSR count). The second-order valence-corrected chi connectivity index (χ2v) is 8.42. The molecular weight excluding hydrogens is 492 g/mol. The molecule has 36 heavy (non-hydrogen) atoms. The van der Waals surface area contributed by atoms with Gasteiger partial charge in [-0.3, -0.25) is 14.6 Å². The van der Waals surface area contributed by atoms with Crippen LogP contribution in [0.1, 0.15) is 33.9 Å². The van der Waals surface area contributed by atoms with Gasteiger partial charge in [-0.1, -0.05) is 12.1 Å². The van der Waals surface area contributed by atoms with E-state index in [9.17, 15) is 31.1 Å². The summed E-state index contributed by atoms with van der Waals surface area (Å²) in [6, 6.07) is 9.65. The van der Waals surface area contributed by atoms with Crippen LogP contribution < -0.4 is 0 Å². The summed E-state index contributed by atoms with van der Waals surface area (Å²) in [4.78, 5) is 14.7. The highest BCUT2D eigenvalue weighted by Crippen LogP contribution is 2.36. The molecule has 1 atom stereocenters. The van der Waals surface area contributed by atoms with Crippen LogP contribution in [0.5, 0.6) is 0 Å². The van der Waals surface area contributed by atoms with Crippen molar-refractivity contribution in [2.24, 2.45) is 0 Å². The molecular formula is C24H23F6N3O3. The van der Waals surface area contributed by atoms with E-state index >= 15 is 0 Å². The van der Waals surface area contributed by atoms with Crippen molar-refractivity contribution in [2.45, 2.75) is 25.1 Å². The minimum atomic E-state index is -4.96. The van der Waals surface area contributed by atoms with Crippen LogP contribution in [-0.2, 0) is 28.5 Å². The first-order chi connectivity index (χ1) is 16.8. The number of piperazine rings is 1. The van der Waals surface area contributed by atoms with E-state index in [1.165, 1.54) is 0 Å². The highest BCUT2D eigenvalue weighted by molar-refractivity contribution is 5.69. The zero-order valence-corrected chi connectivity index (χ0v) is 18.9. The number of alkyl halides is 6. The van der Waals surface area contributed by atoms with Crippen molar-refractivity contribution in [2.75, 3.05) is 39.3 Å². The molecule has 0 bridgehead atoms. The summed E-state index contributed by atoms with van der Waals surface area (Å²) in [5.74, 6) is -0.943. The van der Waals surface area contributed by atoms with E-state index in [-0.39, 0.29) is 24.7 Å². The van der Waals surface area contributed by atoms with Crippen molar-refractivity contribution >= 4 is 5.97 Å². The Morgan fingerprint density at radius 3 is 1.94 bits per heavy atom. The number of nitrogens with zero attached hydrogens (tertiary/aromatic N) is 3. The number of aliphatic carboxylic acids is 1. The van der Waals surface area contributed by atoms with E-state index in [1.54, 1.807) is 29.2 Å². The minimum Gasteiger partial charge on any atom is -0.480 e.